The van der Waals surface area contributed by atoms with Crippen molar-refractivity contribution in [3.05, 3.63) is 22.2 Å². The molecule has 0 atom stereocenters. The molecule has 0 unspecified atom stereocenters. The van der Waals surface area contributed by atoms with Crippen molar-refractivity contribution in [3.8, 4) is 11.5 Å². The molecule has 4 heteroatoms. The fraction of sp³-hybridized carbons (Fsp3) is 0.600. The Bertz CT molecular complexity index is 476. The molecule has 2 aliphatic carbocycles. The SMILES string of the molecule is COc1cc(Br)cc(C2(CN)CCC2)c1OC1CC1. The fourth-order valence-corrected chi connectivity index (χ4v) is 3.21. The number of hydrogen-bond donors (Lipinski definition) is 1. The van der Waals surface area contributed by atoms with Gasteiger partial charge >= 0.3 is 0 Å². The Morgan fingerprint density at radius 1 is 1.37 bits per heavy atom. The third-order valence-electron chi connectivity index (χ3n) is 4.32. The molecule has 2 fully saturated rings. The van der Waals surface area contributed by atoms with Gasteiger partial charge in [0.05, 0.1) is 13.2 Å². The van der Waals surface area contributed by atoms with Crippen molar-refractivity contribution in [3.63, 3.8) is 0 Å². The number of benzene rings is 1. The van der Waals surface area contributed by atoms with Crippen LogP contribution in [0.3, 0.4) is 0 Å². The van der Waals surface area contributed by atoms with Gasteiger partial charge in [0.2, 0.25) is 0 Å². The first-order chi connectivity index (χ1) is 9.18. The van der Waals surface area contributed by atoms with Crippen LogP contribution in [0.4, 0.5) is 0 Å². The third kappa shape index (κ3) is 2.36. The zero-order valence-electron chi connectivity index (χ0n) is 11.2. The van der Waals surface area contributed by atoms with E-state index in [2.05, 4.69) is 22.0 Å². The van der Waals surface area contributed by atoms with Crippen LogP contribution in [0.15, 0.2) is 16.6 Å². The largest absolute Gasteiger partial charge is 0.493 e. The molecule has 3 nitrogen and oxygen atoms in total. The van der Waals surface area contributed by atoms with E-state index >= 15 is 0 Å². The third-order valence-corrected chi connectivity index (χ3v) is 4.78. The number of ether oxygens (including phenoxy) is 2. The molecule has 2 aliphatic rings. The minimum absolute atomic E-state index is 0.0846. The fourth-order valence-electron chi connectivity index (χ4n) is 2.78. The molecule has 0 radical (unpaired) electrons. The van der Waals surface area contributed by atoms with Gasteiger partial charge in [0.15, 0.2) is 11.5 Å². The number of halogens is 1. The molecule has 3 rings (SSSR count). The van der Waals surface area contributed by atoms with E-state index in [1.807, 2.05) is 6.07 Å². The first kappa shape index (κ1) is 13.3. The van der Waals surface area contributed by atoms with Gasteiger partial charge in [-0.15, -0.1) is 0 Å². The van der Waals surface area contributed by atoms with Gasteiger partial charge in [-0.05, 0) is 37.8 Å². The highest BCUT2D eigenvalue weighted by atomic mass is 79.9. The number of rotatable bonds is 5. The van der Waals surface area contributed by atoms with E-state index in [0.29, 0.717) is 12.6 Å². The Kier molecular flexibility index (Phi) is 3.48. The summed E-state index contributed by atoms with van der Waals surface area (Å²) in [6, 6.07) is 4.14. The highest BCUT2D eigenvalue weighted by Gasteiger charge is 2.41. The van der Waals surface area contributed by atoms with Gasteiger partial charge in [-0.2, -0.15) is 0 Å². The van der Waals surface area contributed by atoms with Crippen molar-refractivity contribution < 1.29 is 9.47 Å². The number of methoxy groups -OCH3 is 1. The van der Waals surface area contributed by atoms with E-state index < -0.39 is 0 Å². The highest BCUT2D eigenvalue weighted by Crippen LogP contribution is 2.51. The van der Waals surface area contributed by atoms with Crippen molar-refractivity contribution in [1.82, 2.24) is 0 Å². The Morgan fingerprint density at radius 3 is 2.58 bits per heavy atom. The molecule has 2 saturated carbocycles. The van der Waals surface area contributed by atoms with Crippen LogP contribution in [0.5, 0.6) is 11.5 Å². The standard InChI is InChI=1S/C15H20BrNO2/c1-18-13-8-10(16)7-12(14(13)19-11-3-4-11)15(9-17)5-2-6-15/h7-8,11H,2-6,9,17H2,1H3. The average Bonchev–Trinajstić information content (AvgIpc) is 3.15. The van der Waals surface area contributed by atoms with Crippen LogP contribution in [0.1, 0.15) is 37.7 Å². The van der Waals surface area contributed by atoms with Crippen molar-refractivity contribution in [2.75, 3.05) is 13.7 Å². The van der Waals surface area contributed by atoms with Crippen LogP contribution < -0.4 is 15.2 Å². The van der Waals surface area contributed by atoms with E-state index in [0.717, 1.165) is 41.7 Å². The van der Waals surface area contributed by atoms with Crippen LogP contribution in [-0.2, 0) is 5.41 Å². The summed E-state index contributed by atoms with van der Waals surface area (Å²) in [6.45, 7) is 0.674. The van der Waals surface area contributed by atoms with E-state index in [9.17, 15) is 0 Å². The molecule has 0 heterocycles. The maximum atomic E-state index is 6.12. The second-order valence-corrected chi connectivity index (χ2v) is 6.56. The molecule has 104 valence electrons. The topological polar surface area (TPSA) is 44.5 Å². The molecule has 19 heavy (non-hydrogen) atoms. The summed E-state index contributed by atoms with van der Waals surface area (Å²) < 4.78 is 12.7. The van der Waals surface area contributed by atoms with E-state index in [1.54, 1.807) is 7.11 Å². The van der Waals surface area contributed by atoms with Crippen molar-refractivity contribution >= 4 is 15.9 Å². The Morgan fingerprint density at radius 2 is 2.11 bits per heavy atom. The molecular weight excluding hydrogens is 306 g/mol. The lowest BCUT2D eigenvalue weighted by Gasteiger charge is -2.42. The number of nitrogens with two attached hydrogens (primary N) is 1. The average molecular weight is 326 g/mol. The highest BCUT2D eigenvalue weighted by molar-refractivity contribution is 9.10. The van der Waals surface area contributed by atoms with Crippen molar-refractivity contribution in [1.29, 1.82) is 0 Å². The van der Waals surface area contributed by atoms with Crippen LogP contribution in [0, 0.1) is 0 Å². The molecule has 0 aromatic heterocycles. The summed E-state index contributed by atoms with van der Waals surface area (Å²) in [7, 11) is 1.70. The van der Waals surface area contributed by atoms with Crippen molar-refractivity contribution in [2.45, 2.75) is 43.6 Å². The maximum absolute atomic E-state index is 6.12. The van der Waals surface area contributed by atoms with E-state index in [-0.39, 0.29) is 5.41 Å². The monoisotopic (exact) mass is 325 g/mol. The predicted molar refractivity (Wildman–Crippen MR) is 78.9 cm³/mol. The minimum atomic E-state index is 0.0846. The molecule has 1 aromatic rings. The molecule has 0 spiro atoms. The van der Waals surface area contributed by atoms with Gasteiger partial charge in [0.1, 0.15) is 0 Å². The smallest absolute Gasteiger partial charge is 0.165 e. The summed E-state index contributed by atoms with van der Waals surface area (Å²) in [5.41, 5.74) is 7.35. The quantitative estimate of drug-likeness (QED) is 0.902. The molecule has 1 aromatic carbocycles. The first-order valence-corrected chi connectivity index (χ1v) is 7.72. The summed E-state index contributed by atoms with van der Waals surface area (Å²) in [5.74, 6) is 1.73. The summed E-state index contributed by atoms with van der Waals surface area (Å²) in [6.07, 6.45) is 6.19. The lowest BCUT2D eigenvalue weighted by atomic mass is 9.64. The molecule has 0 saturated heterocycles. The summed E-state index contributed by atoms with van der Waals surface area (Å²) in [5, 5.41) is 0. The Labute approximate surface area is 122 Å². The zero-order chi connectivity index (χ0) is 13.5. The van der Waals surface area contributed by atoms with Crippen LogP contribution in [-0.4, -0.2) is 19.8 Å². The molecular formula is C15H20BrNO2. The molecule has 2 N–H and O–H groups in total. The van der Waals surface area contributed by atoms with Gasteiger partial charge in [0.25, 0.3) is 0 Å². The normalized spacial score (nSPS) is 20.8. The van der Waals surface area contributed by atoms with E-state index in [4.69, 9.17) is 15.2 Å². The van der Waals surface area contributed by atoms with Crippen molar-refractivity contribution in [2.24, 2.45) is 5.73 Å². The number of hydrogen-bond acceptors (Lipinski definition) is 3. The Hall–Kier alpha value is -0.740. The second kappa shape index (κ2) is 4.98. The minimum Gasteiger partial charge on any atom is -0.493 e. The molecule has 0 bridgehead atoms. The van der Waals surface area contributed by atoms with Gasteiger partial charge in [0, 0.05) is 22.0 Å². The molecule has 0 aliphatic heterocycles. The zero-order valence-corrected chi connectivity index (χ0v) is 12.8. The van der Waals surface area contributed by atoms with Crippen LogP contribution >= 0.6 is 15.9 Å². The second-order valence-electron chi connectivity index (χ2n) is 5.64. The maximum Gasteiger partial charge on any atom is 0.165 e. The summed E-state index contributed by atoms with van der Waals surface area (Å²) >= 11 is 3.57. The van der Waals surface area contributed by atoms with Crippen LogP contribution in [0.25, 0.3) is 0 Å². The lowest BCUT2D eigenvalue weighted by molar-refractivity contribution is 0.225. The summed E-state index contributed by atoms with van der Waals surface area (Å²) in [4.78, 5) is 0. The van der Waals surface area contributed by atoms with Gasteiger partial charge < -0.3 is 15.2 Å². The van der Waals surface area contributed by atoms with Gasteiger partial charge in [-0.25, -0.2) is 0 Å². The first-order valence-electron chi connectivity index (χ1n) is 6.93. The Balaban J connectivity index is 2.06. The predicted octanol–water partition coefficient (Wildman–Crippen LogP) is 3.38. The van der Waals surface area contributed by atoms with E-state index in [1.165, 1.54) is 12.0 Å². The lowest BCUT2D eigenvalue weighted by Crippen LogP contribution is -2.42. The van der Waals surface area contributed by atoms with Gasteiger partial charge in [-0.3, -0.25) is 0 Å². The van der Waals surface area contributed by atoms with Crippen LogP contribution in [0.2, 0.25) is 0 Å². The molecule has 0 amide bonds. The van der Waals surface area contributed by atoms with Gasteiger partial charge in [-0.1, -0.05) is 22.4 Å².